The predicted octanol–water partition coefficient (Wildman–Crippen LogP) is 1.51. The quantitative estimate of drug-likeness (QED) is 0.549. The maximum absolute atomic E-state index is 5.57. The molecule has 1 aliphatic heterocycles. The molecule has 2 N–H and O–H groups in total. The molecular weight excluding hydrogens is 344 g/mol. The number of morpholine rings is 1. The lowest BCUT2D eigenvalue weighted by Crippen LogP contribution is -2.56. The fraction of sp³-hybridized carbons (Fsp3) is 0.842. The van der Waals surface area contributed by atoms with Crippen molar-refractivity contribution in [3.63, 3.8) is 0 Å². The van der Waals surface area contributed by atoms with E-state index in [1.807, 2.05) is 6.92 Å². The molecule has 0 aromatic carbocycles. The van der Waals surface area contributed by atoms with Gasteiger partial charge in [0.1, 0.15) is 0 Å². The third-order valence-electron chi connectivity index (χ3n) is 5.54. The van der Waals surface area contributed by atoms with Crippen LogP contribution < -0.4 is 10.6 Å². The summed E-state index contributed by atoms with van der Waals surface area (Å²) in [5.41, 5.74) is 0.188. The van der Waals surface area contributed by atoms with Crippen molar-refractivity contribution in [2.75, 3.05) is 45.9 Å². The number of aliphatic imine (C=N–C) groups is 1. The highest BCUT2D eigenvalue weighted by Gasteiger charge is 2.38. The van der Waals surface area contributed by atoms with E-state index in [1.54, 1.807) is 0 Å². The normalized spacial score (nSPS) is 21.2. The van der Waals surface area contributed by atoms with Crippen molar-refractivity contribution in [1.82, 2.24) is 25.7 Å². The van der Waals surface area contributed by atoms with Gasteiger partial charge >= 0.3 is 0 Å². The van der Waals surface area contributed by atoms with Gasteiger partial charge in [0.2, 0.25) is 5.89 Å². The molecule has 8 heteroatoms. The van der Waals surface area contributed by atoms with Gasteiger partial charge in [0.15, 0.2) is 11.8 Å². The molecule has 27 heavy (non-hydrogen) atoms. The molecule has 0 spiro atoms. The molecule has 0 amide bonds. The second kappa shape index (κ2) is 10.0. The van der Waals surface area contributed by atoms with E-state index >= 15 is 0 Å². The third-order valence-corrected chi connectivity index (χ3v) is 5.54. The van der Waals surface area contributed by atoms with Gasteiger partial charge in [0, 0.05) is 38.1 Å². The standard InChI is InChI=1S/C19H34N6O2/c1-3-20-18(21-10-7-17-23-16(2)24-27-17)22-15-19(8-5-4-6-9-19)25-11-13-26-14-12-25/h3-15H2,1-2H3,(H2,20,21,22). The summed E-state index contributed by atoms with van der Waals surface area (Å²) in [5.74, 6) is 2.20. The zero-order valence-electron chi connectivity index (χ0n) is 16.8. The molecule has 3 rings (SSSR count). The first-order valence-electron chi connectivity index (χ1n) is 10.4. The zero-order valence-corrected chi connectivity index (χ0v) is 16.8. The van der Waals surface area contributed by atoms with Crippen LogP contribution in [0.25, 0.3) is 0 Å². The summed E-state index contributed by atoms with van der Waals surface area (Å²) in [7, 11) is 0. The highest BCUT2D eigenvalue weighted by atomic mass is 16.5. The van der Waals surface area contributed by atoms with Gasteiger partial charge in [-0.2, -0.15) is 4.98 Å². The third kappa shape index (κ3) is 5.65. The maximum Gasteiger partial charge on any atom is 0.228 e. The first-order chi connectivity index (χ1) is 13.2. The smallest absolute Gasteiger partial charge is 0.228 e. The van der Waals surface area contributed by atoms with Gasteiger partial charge in [0.05, 0.1) is 19.8 Å². The lowest BCUT2D eigenvalue weighted by atomic mass is 9.80. The summed E-state index contributed by atoms with van der Waals surface area (Å²) in [4.78, 5) is 11.8. The summed E-state index contributed by atoms with van der Waals surface area (Å²) < 4.78 is 10.8. The molecule has 152 valence electrons. The van der Waals surface area contributed by atoms with E-state index < -0.39 is 0 Å². The lowest BCUT2D eigenvalue weighted by Gasteiger charge is -2.47. The Morgan fingerprint density at radius 1 is 1.19 bits per heavy atom. The molecule has 0 bridgehead atoms. The van der Waals surface area contributed by atoms with Crippen LogP contribution in [0.2, 0.25) is 0 Å². The minimum absolute atomic E-state index is 0.188. The first kappa shape index (κ1) is 20.1. The zero-order chi connectivity index (χ0) is 19.0. The van der Waals surface area contributed by atoms with Crippen LogP contribution in [-0.4, -0.2) is 72.5 Å². The van der Waals surface area contributed by atoms with Gasteiger partial charge in [-0.1, -0.05) is 24.4 Å². The SMILES string of the molecule is CCNC(=NCC1(N2CCOCC2)CCCCC1)NCCc1nc(C)no1. The second-order valence-electron chi connectivity index (χ2n) is 7.49. The largest absolute Gasteiger partial charge is 0.379 e. The summed E-state index contributed by atoms with van der Waals surface area (Å²) in [6, 6.07) is 0. The highest BCUT2D eigenvalue weighted by molar-refractivity contribution is 5.79. The van der Waals surface area contributed by atoms with Crippen molar-refractivity contribution in [3.05, 3.63) is 11.7 Å². The van der Waals surface area contributed by atoms with Crippen LogP contribution in [0.4, 0.5) is 0 Å². The summed E-state index contributed by atoms with van der Waals surface area (Å²) in [6.07, 6.45) is 7.10. The molecule has 2 aliphatic rings. The topological polar surface area (TPSA) is 87.8 Å². The Labute approximate surface area is 162 Å². The Morgan fingerprint density at radius 2 is 1.96 bits per heavy atom. The average Bonchev–Trinajstić information content (AvgIpc) is 3.12. The van der Waals surface area contributed by atoms with E-state index in [9.17, 15) is 0 Å². The van der Waals surface area contributed by atoms with E-state index in [2.05, 4.69) is 32.6 Å². The maximum atomic E-state index is 5.57. The molecular formula is C19H34N6O2. The summed E-state index contributed by atoms with van der Waals surface area (Å²) in [5, 5.41) is 10.6. The van der Waals surface area contributed by atoms with Crippen molar-refractivity contribution in [1.29, 1.82) is 0 Å². The van der Waals surface area contributed by atoms with Gasteiger partial charge < -0.3 is 19.9 Å². The Morgan fingerprint density at radius 3 is 2.63 bits per heavy atom. The number of rotatable bonds is 7. The van der Waals surface area contributed by atoms with Gasteiger partial charge in [-0.15, -0.1) is 0 Å². The molecule has 1 aromatic heterocycles. The molecule has 0 atom stereocenters. The molecule has 0 radical (unpaired) electrons. The molecule has 1 aliphatic carbocycles. The van der Waals surface area contributed by atoms with Crippen LogP contribution >= 0.6 is 0 Å². The fourth-order valence-corrected chi connectivity index (χ4v) is 4.12. The number of hydrogen-bond acceptors (Lipinski definition) is 6. The van der Waals surface area contributed by atoms with Crippen LogP contribution in [0.5, 0.6) is 0 Å². The number of nitrogens with zero attached hydrogens (tertiary/aromatic N) is 4. The number of ether oxygens (including phenoxy) is 1. The monoisotopic (exact) mass is 378 g/mol. The minimum Gasteiger partial charge on any atom is -0.379 e. The molecule has 1 aromatic rings. The predicted molar refractivity (Wildman–Crippen MR) is 105 cm³/mol. The number of aromatic nitrogens is 2. The minimum atomic E-state index is 0.188. The van der Waals surface area contributed by atoms with Gasteiger partial charge in [-0.05, 0) is 26.7 Å². The molecule has 2 heterocycles. The highest BCUT2D eigenvalue weighted by Crippen LogP contribution is 2.34. The van der Waals surface area contributed by atoms with Gasteiger partial charge in [-0.3, -0.25) is 9.89 Å². The van der Waals surface area contributed by atoms with Crippen molar-refractivity contribution in [2.45, 2.75) is 57.9 Å². The number of nitrogens with one attached hydrogen (secondary N) is 2. The fourth-order valence-electron chi connectivity index (χ4n) is 4.12. The van der Waals surface area contributed by atoms with Gasteiger partial charge in [0.25, 0.3) is 0 Å². The molecule has 1 saturated heterocycles. The van der Waals surface area contributed by atoms with E-state index in [4.69, 9.17) is 14.3 Å². The van der Waals surface area contributed by atoms with E-state index in [1.165, 1.54) is 32.1 Å². The van der Waals surface area contributed by atoms with Crippen LogP contribution in [0, 0.1) is 6.92 Å². The van der Waals surface area contributed by atoms with Crippen LogP contribution in [0.15, 0.2) is 9.52 Å². The van der Waals surface area contributed by atoms with Crippen molar-refractivity contribution in [2.24, 2.45) is 4.99 Å². The molecule has 2 fully saturated rings. The Balaban J connectivity index is 1.60. The molecule has 8 nitrogen and oxygen atoms in total. The van der Waals surface area contributed by atoms with Gasteiger partial charge in [-0.25, -0.2) is 0 Å². The number of aryl methyl sites for hydroxylation is 1. The Kier molecular flexibility index (Phi) is 7.46. The Bertz CT molecular complexity index is 591. The molecule has 0 unspecified atom stereocenters. The molecule has 1 saturated carbocycles. The lowest BCUT2D eigenvalue weighted by molar-refractivity contribution is -0.0333. The average molecular weight is 379 g/mol. The summed E-state index contributed by atoms with van der Waals surface area (Å²) in [6.45, 7) is 10.1. The van der Waals surface area contributed by atoms with Crippen LogP contribution in [0.1, 0.15) is 50.7 Å². The first-order valence-corrected chi connectivity index (χ1v) is 10.4. The van der Waals surface area contributed by atoms with Crippen molar-refractivity contribution >= 4 is 5.96 Å². The van der Waals surface area contributed by atoms with E-state index in [0.29, 0.717) is 18.1 Å². The second-order valence-corrected chi connectivity index (χ2v) is 7.49. The Hall–Kier alpha value is -1.67. The van der Waals surface area contributed by atoms with Crippen molar-refractivity contribution < 1.29 is 9.26 Å². The number of hydrogen-bond donors (Lipinski definition) is 2. The number of guanidine groups is 1. The van der Waals surface area contributed by atoms with E-state index in [-0.39, 0.29) is 5.54 Å². The summed E-state index contributed by atoms with van der Waals surface area (Å²) >= 11 is 0. The van der Waals surface area contributed by atoms with Crippen molar-refractivity contribution in [3.8, 4) is 0 Å². The van der Waals surface area contributed by atoms with Crippen LogP contribution in [-0.2, 0) is 11.2 Å². The van der Waals surface area contributed by atoms with Crippen LogP contribution in [0.3, 0.4) is 0 Å². The van der Waals surface area contributed by atoms with E-state index in [0.717, 1.165) is 51.9 Å².